The number of fused-ring (bicyclic) bond motifs is 2. The highest BCUT2D eigenvalue weighted by Gasteiger charge is 2.24. The molecule has 1 aliphatic rings. The predicted octanol–water partition coefficient (Wildman–Crippen LogP) is 4.71. The summed E-state index contributed by atoms with van der Waals surface area (Å²) in [5, 5.41) is 15.7. The molecule has 8 heteroatoms. The number of benzene rings is 2. The molecule has 4 aromatic rings. The van der Waals surface area contributed by atoms with Gasteiger partial charge < -0.3 is 9.15 Å². The average molecular weight is 397 g/mol. The van der Waals surface area contributed by atoms with Crippen molar-refractivity contribution in [2.24, 2.45) is 5.10 Å². The van der Waals surface area contributed by atoms with E-state index < -0.39 is 0 Å². The van der Waals surface area contributed by atoms with Crippen LogP contribution in [0.4, 0.5) is 0 Å². The standard InChI is InChI=1S/C19H13ClN4O2S/c1-25-16-7-6-12(20)9-13(16)18-21-22-19-24(18)23-14(10-27-19)17-8-11-4-2-3-5-15(11)26-17/h2-9H,10H2,1H3. The molecule has 3 heterocycles. The zero-order valence-electron chi connectivity index (χ0n) is 14.2. The Labute approximate surface area is 163 Å². The van der Waals surface area contributed by atoms with Crippen molar-refractivity contribution in [3.8, 4) is 17.1 Å². The van der Waals surface area contributed by atoms with Crippen LogP contribution in [-0.2, 0) is 0 Å². The Morgan fingerprint density at radius 2 is 2.04 bits per heavy atom. The van der Waals surface area contributed by atoms with Crippen molar-refractivity contribution < 1.29 is 9.15 Å². The number of aromatic nitrogens is 3. The van der Waals surface area contributed by atoms with Crippen LogP contribution < -0.4 is 4.74 Å². The average Bonchev–Trinajstić information content (AvgIpc) is 3.31. The number of hydrogen-bond donors (Lipinski definition) is 0. The summed E-state index contributed by atoms with van der Waals surface area (Å²) in [5.74, 6) is 2.63. The van der Waals surface area contributed by atoms with Gasteiger partial charge in [0.25, 0.3) is 0 Å². The number of rotatable bonds is 3. The maximum absolute atomic E-state index is 6.17. The molecular formula is C19H13ClN4O2S. The van der Waals surface area contributed by atoms with Crippen molar-refractivity contribution in [1.29, 1.82) is 0 Å². The molecule has 2 aromatic heterocycles. The molecule has 6 nitrogen and oxygen atoms in total. The Bertz CT molecular complexity index is 1160. The Balaban J connectivity index is 1.64. The first-order valence-corrected chi connectivity index (χ1v) is 9.58. The smallest absolute Gasteiger partial charge is 0.212 e. The van der Waals surface area contributed by atoms with E-state index in [0.717, 1.165) is 28.0 Å². The lowest BCUT2D eigenvalue weighted by molar-refractivity contribution is 0.416. The van der Waals surface area contributed by atoms with E-state index >= 15 is 0 Å². The van der Waals surface area contributed by atoms with E-state index in [9.17, 15) is 0 Å². The molecule has 2 aromatic carbocycles. The molecule has 0 atom stereocenters. The number of methoxy groups -OCH3 is 1. The third kappa shape index (κ3) is 2.79. The molecule has 0 unspecified atom stereocenters. The van der Waals surface area contributed by atoms with E-state index in [1.54, 1.807) is 41.7 Å². The highest BCUT2D eigenvalue weighted by atomic mass is 35.5. The topological polar surface area (TPSA) is 65.4 Å². The summed E-state index contributed by atoms with van der Waals surface area (Å²) in [5.41, 5.74) is 2.40. The zero-order chi connectivity index (χ0) is 18.4. The van der Waals surface area contributed by atoms with Crippen molar-refractivity contribution in [1.82, 2.24) is 14.9 Å². The molecule has 0 saturated heterocycles. The first-order valence-electron chi connectivity index (χ1n) is 8.22. The fourth-order valence-electron chi connectivity index (χ4n) is 3.00. The highest BCUT2D eigenvalue weighted by molar-refractivity contribution is 7.99. The van der Waals surface area contributed by atoms with Crippen LogP contribution in [0.2, 0.25) is 5.02 Å². The lowest BCUT2D eigenvalue weighted by Gasteiger charge is -2.13. The second kappa shape index (κ2) is 6.44. The van der Waals surface area contributed by atoms with E-state index in [1.165, 1.54) is 0 Å². The maximum atomic E-state index is 6.17. The van der Waals surface area contributed by atoms with Crippen LogP contribution in [0.1, 0.15) is 5.76 Å². The fraction of sp³-hybridized carbons (Fsp3) is 0.105. The van der Waals surface area contributed by atoms with Crippen LogP contribution in [0.3, 0.4) is 0 Å². The van der Waals surface area contributed by atoms with Crippen LogP contribution in [0.5, 0.6) is 5.75 Å². The lowest BCUT2D eigenvalue weighted by Crippen LogP contribution is -2.13. The second-order valence-electron chi connectivity index (χ2n) is 5.95. The second-order valence-corrected chi connectivity index (χ2v) is 7.33. The summed E-state index contributed by atoms with van der Waals surface area (Å²) < 4.78 is 13.1. The molecule has 5 rings (SSSR count). The van der Waals surface area contributed by atoms with Gasteiger partial charge in [0.1, 0.15) is 17.0 Å². The number of furan rings is 1. The normalized spacial score (nSPS) is 13.5. The molecule has 27 heavy (non-hydrogen) atoms. The molecule has 0 radical (unpaired) electrons. The minimum atomic E-state index is 0.574. The molecule has 0 N–H and O–H groups in total. The van der Waals surface area contributed by atoms with Gasteiger partial charge in [-0.1, -0.05) is 41.6 Å². The molecule has 1 aliphatic heterocycles. The van der Waals surface area contributed by atoms with Crippen LogP contribution in [-0.4, -0.2) is 33.4 Å². The Kier molecular flexibility index (Phi) is 3.91. The van der Waals surface area contributed by atoms with Gasteiger partial charge in [-0.15, -0.1) is 10.2 Å². The van der Waals surface area contributed by atoms with Crippen LogP contribution >= 0.6 is 23.4 Å². The van der Waals surface area contributed by atoms with Crippen LogP contribution in [0, 0.1) is 0 Å². The Morgan fingerprint density at radius 1 is 1.15 bits per heavy atom. The number of thioether (sulfide) groups is 1. The van der Waals surface area contributed by atoms with E-state index in [1.807, 2.05) is 30.3 Å². The molecule has 134 valence electrons. The summed E-state index contributed by atoms with van der Waals surface area (Å²) in [4.78, 5) is 0. The van der Waals surface area contributed by atoms with Gasteiger partial charge in [0.15, 0.2) is 11.6 Å². The lowest BCUT2D eigenvalue weighted by atomic mass is 10.2. The molecule has 0 bridgehead atoms. The maximum Gasteiger partial charge on any atom is 0.212 e. The van der Waals surface area contributed by atoms with Gasteiger partial charge in [-0.05, 0) is 30.3 Å². The SMILES string of the molecule is COc1ccc(Cl)cc1-c1nnc2n1N=C(c1cc3ccccc3o1)CS2. The number of halogens is 1. The zero-order valence-corrected chi connectivity index (χ0v) is 15.8. The van der Waals surface area contributed by atoms with Gasteiger partial charge in [-0.3, -0.25) is 0 Å². The largest absolute Gasteiger partial charge is 0.496 e. The summed E-state index contributed by atoms with van der Waals surface area (Å²) in [7, 11) is 1.61. The van der Waals surface area contributed by atoms with Gasteiger partial charge in [0, 0.05) is 16.2 Å². The Morgan fingerprint density at radius 3 is 2.89 bits per heavy atom. The molecule has 0 fully saturated rings. The monoisotopic (exact) mass is 396 g/mol. The third-order valence-electron chi connectivity index (χ3n) is 4.28. The van der Waals surface area contributed by atoms with E-state index in [2.05, 4.69) is 10.2 Å². The number of nitrogens with zero attached hydrogens (tertiary/aromatic N) is 4. The summed E-state index contributed by atoms with van der Waals surface area (Å²) in [6.45, 7) is 0. The van der Waals surface area contributed by atoms with Gasteiger partial charge >= 0.3 is 0 Å². The minimum Gasteiger partial charge on any atom is -0.496 e. The molecular weight excluding hydrogens is 384 g/mol. The van der Waals surface area contributed by atoms with Crippen molar-refractivity contribution in [3.05, 3.63) is 59.3 Å². The van der Waals surface area contributed by atoms with Crippen LogP contribution in [0.15, 0.2) is 63.2 Å². The molecule has 0 spiro atoms. The quantitative estimate of drug-likeness (QED) is 0.501. The fourth-order valence-corrected chi connectivity index (χ4v) is 3.98. The number of para-hydroxylation sites is 1. The van der Waals surface area contributed by atoms with Gasteiger partial charge in [0.05, 0.1) is 12.7 Å². The third-order valence-corrected chi connectivity index (χ3v) is 5.45. The Hall–Kier alpha value is -2.77. The van der Waals surface area contributed by atoms with Crippen molar-refractivity contribution in [2.45, 2.75) is 5.16 Å². The summed E-state index contributed by atoms with van der Waals surface area (Å²) >= 11 is 7.73. The van der Waals surface area contributed by atoms with E-state index in [4.69, 9.17) is 25.9 Å². The number of hydrogen-bond acceptors (Lipinski definition) is 6. The first kappa shape index (κ1) is 16.4. The van der Waals surface area contributed by atoms with Crippen LogP contribution in [0.25, 0.3) is 22.4 Å². The summed E-state index contributed by atoms with van der Waals surface area (Å²) in [6.07, 6.45) is 0. The highest BCUT2D eigenvalue weighted by Crippen LogP contribution is 2.35. The van der Waals surface area contributed by atoms with Gasteiger partial charge in [0.2, 0.25) is 5.16 Å². The number of ether oxygens (including phenoxy) is 1. The first-order chi connectivity index (χ1) is 13.2. The predicted molar refractivity (Wildman–Crippen MR) is 106 cm³/mol. The van der Waals surface area contributed by atoms with Crippen molar-refractivity contribution >= 4 is 40.0 Å². The molecule has 0 aliphatic carbocycles. The van der Waals surface area contributed by atoms with E-state index in [-0.39, 0.29) is 0 Å². The summed E-state index contributed by atoms with van der Waals surface area (Å²) in [6, 6.07) is 15.3. The van der Waals surface area contributed by atoms with Gasteiger partial charge in [-0.2, -0.15) is 9.78 Å². The van der Waals surface area contributed by atoms with Crippen molar-refractivity contribution in [3.63, 3.8) is 0 Å². The minimum absolute atomic E-state index is 0.574. The molecule has 0 saturated carbocycles. The van der Waals surface area contributed by atoms with Gasteiger partial charge in [-0.25, -0.2) is 0 Å². The van der Waals surface area contributed by atoms with E-state index in [0.29, 0.717) is 27.5 Å². The van der Waals surface area contributed by atoms with Crippen molar-refractivity contribution in [2.75, 3.05) is 12.9 Å². The molecule has 0 amide bonds.